The molecule has 2 aromatic rings. The van der Waals surface area contributed by atoms with Crippen LogP contribution in [0.2, 0.25) is 0 Å². The van der Waals surface area contributed by atoms with Crippen LogP contribution in [0.1, 0.15) is 11.1 Å². The number of sulfonamides is 1. The summed E-state index contributed by atoms with van der Waals surface area (Å²) < 4.78 is 25.7. The number of nitroso groups, excluding NO2 is 1. The Labute approximate surface area is 150 Å². The molecule has 0 atom stereocenters. The smallest absolute Gasteiger partial charge is 0.266 e. The van der Waals surface area contributed by atoms with Gasteiger partial charge in [0.05, 0.1) is 15.9 Å². The summed E-state index contributed by atoms with van der Waals surface area (Å²) in [5.74, 6) is 10.00. The molecule has 0 fully saturated rings. The predicted molar refractivity (Wildman–Crippen MR) is 97.3 cm³/mol. The molecule has 0 spiro atoms. The SMILES string of the molecule is Cc1ccc(S(=O)(=O)N(N)c2ccc(/C=C/C(=O)N(N)N=O)cc2)cc1. The third kappa shape index (κ3) is 4.30. The Hall–Kier alpha value is -3.08. The largest absolute Gasteiger partial charge is 0.284 e. The fourth-order valence-electron chi connectivity index (χ4n) is 1.98. The van der Waals surface area contributed by atoms with Crippen LogP contribution in [0.25, 0.3) is 6.08 Å². The Balaban J connectivity index is 2.19. The van der Waals surface area contributed by atoms with Crippen LogP contribution >= 0.6 is 0 Å². The average molecular weight is 375 g/mol. The van der Waals surface area contributed by atoms with Crippen molar-refractivity contribution >= 4 is 27.7 Å². The van der Waals surface area contributed by atoms with Gasteiger partial charge in [-0.05, 0) is 42.8 Å². The van der Waals surface area contributed by atoms with E-state index in [1.54, 1.807) is 24.3 Å². The third-order valence-corrected chi connectivity index (χ3v) is 5.05. The first-order chi connectivity index (χ1) is 12.3. The molecule has 0 unspecified atom stereocenters. The molecule has 0 saturated heterocycles. The summed E-state index contributed by atoms with van der Waals surface area (Å²) in [6.07, 6.45) is 2.45. The lowest BCUT2D eigenvalue weighted by Crippen LogP contribution is -2.37. The second-order valence-corrected chi connectivity index (χ2v) is 7.12. The van der Waals surface area contributed by atoms with Gasteiger partial charge in [-0.25, -0.2) is 16.1 Å². The van der Waals surface area contributed by atoms with Crippen molar-refractivity contribution in [1.82, 2.24) is 5.12 Å². The normalized spacial score (nSPS) is 11.3. The second-order valence-electron chi connectivity index (χ2n) is 5.30. The van der Waals surface area contributed by atoms with E-state index < -0.39 is 15.9 Å². The van der Waals surface area contributed by atoms with Gasteiger partial charge in [0.25, 0.3) is 15.9 Å². The molecular formula is C16H17N5O4S. The van der Waals surface area contributed by atoms with Gasteiger partial charge in [0, 0.05) is 6.08 Å². The topological polar surface area (TPSA) is 139 Å². The molecule has 0 saturated carbocycles. The Morgan fingerprint density at radius 1 is 1.04 bits per heavy atom. The van der Waals surface area contributed by atoms with Crippen molar-refractivity contribution in [3.8, 4) is 0 Å². The van der Waals surface area contributed by atoms with Crippen LogP contribution in [0, 0.1) is 11.8 Å². The lowest BCUT2D eigenvalue weighted by Gasteiger charge is -2.19. The Bertz CT molecular complexity index is 924. The van der Waals surface area contributed by atoms with Crippen molar-refractivity contribution in [2.45, 2.75) is 11.8 Å². The van der Waals surface area contributed by atoms with Crippen molar-refractivity contribution in [3.05, 3.63) is 70.6 Å². The molecule has 0 radical (unpaired) electrons. The fraction of sp³-hybridized carbons (Fsp3) is 0.0625. The van der Waals surface area contributed by atoms with Gasteiger partial charge in [-0.3, -0.25) is 4.79 Å². The van der Waals surface area contributed by atoms with Crippen LogP contribution in [0.15, 0.2) is 64.8 Å². The van der Waals surface area contributed by atoms with Crippen LogP contribution in [0.3, 0.4) is 0 Å². The highest BCUT2D eigenvalue weighted by Gasteiger charge is 2.21. The van der Waals surface area contributed by atoms with Gasteiger partial charge >= 0.3 is 0 Å². The van der Waals surface area contributed by atoms with E-state index in [9.17, 15) is 18.1 Å². The van der Waals surface area contributed by atoms with Crippen LogP contribution in [-0.4, -0.2) is 19.4 Å². The van der Waals surface area contributed by atoms with Crippen molar-refractivity contribution in [2.24, 2.45) is 17.0 Å². The van der Waals surface area contributed by atoms with E-state index in [1.807, 2.05) is 6.92 Å². The summed E-state index contributed by atoms with van der Waals surface area (Å²) in [7, 11) is -3.89. The zero-order chi connectivity index (χ0) is 19.3. The van der Waals surface area contributed by atoms with Crippen LogP contribution < -0.4 is 16.1 Å². The summed E-state index contributed by atoms with van der Waals surface area (Å²) in [4.78, 5) is 21.5. The standard InChI is InChI=1S/C16H17N5O4S/c1-12-2-9-15(10-3-12)26(24,25)21(18)14-7-4-13(5-8-14)6-11-16(22)20(17)19-23/h2-11H,17-18H2,1H3/b11-6+. The van der Waals surface area contributed by atoms with Crippen molar-refractivity contribution < 1.29 is 13.2 Å². The highest BCUT2D eigenvalue weighted by molar-refractivity contribution is 7.92. The molecule has 1 amide bonds. The molecule has 0 aliphatic carbocycles. The van der Waals surface area contributed by atoms with Gasteiger partial charge in [0.15, 0.2) is 0 Å². The molecular weight excluding hydrogens is 358 g/mol. The fourth-order valence-corrected chi connectivity index (χ4v) is 3.09. The monoisotopic (exact) mass is 375 g/mol. The summed E-state index contributed by atoms with van der Waals surface area (Å²) in [5, 5.41) is 2.42. The number of nitrogens with two attached hydrogens (primary N) is 2. The second kappa shape index (κ2) is 7.87. The van der Waals surface area contributed by atoms with Gasteiger partial charge in [0.2, 0.25) is 0 Å². The van der Waals surface area contributed by atoms with Crippen molar-refractivity contribution in [3.63, 3.8) is 0 Å². The number of hydrazine groups is 2. The van der Waals surface area contributed by atoms with Crippen molar-refractivity contribution in [1.29, 1.82) is 0 Å². The highest BCUT2D eigenvalue weighted by atomic mass is 32.2. The molecule has 4 N–H and O–H groups in total. The number of rotatable bonds is 6. The Kier molecular flexibility index (Phi) is 5.82. The molecule has 0 aromatic heterocycles. The number of benzene rings is 2. The lowest BCUT2D eigenvalue weighted by molar-refractivity contribution is -0.126. The number of aryl methyl sites for hydroxylation is 1. The van der Waals surface area contributed by atoms with E-state index in [0.29, 0.717) is 9.98 Å². The first kappa shape index (κ1) is 19.2. The quantitative estimate of drug-likeness (QED) is 0.258. The maximum Gasteiger partial charge on any atom is 0.284 e. The molecule has 0 aliphatic rings. The lowest BCUT2D eigenvalue weighted by atomic mass is 10.2. The van der Waals surface area contributed by atoms with E-state index in [-0.39, 0.29) is 15.7 Å². The summed E-state index contributed by atoms with van der Waals surface area (Å²) in [6.45, 7) is 1.85. The van der Waals surface area contributed by atoms with Gasteiger partial charge in [-0.1, -0.05) is 29.8 Å². The summed E-state index contributed by atoms with van der Waals surface area (Å²) in [6, 6.07) is 12.4. The Morgan fingerprint density at radius 2 is 1.62 bits per heavy atom. The number of nitrogens with zero attached hydrogens (tertiary/aromatic N) is 3. The molecule has 0 bridgehead atoms. The molecule has 26 heavy (non-hydrogen) atoms. The first-order valence-electron chi connectivity index (χ1n) is 7.32. The van der Waals surface area contributed by atoms with E-state index in [4.69, 9.17) is 11.7 Å². The van der Waals surface area contributed by atoms with Crippen LogP contribution in [-0.2, 0) is 14.8 Å². The number of hydrogen-bond donors (Lipinski definition) is 2. The van der Waals surface area contributed by atoms with Crippen LogP contribution in [0.4, 0.5) is 5.69 Å². The van der Waals surface area contributed by atoms with E-state index in [1.165, 1.54) is 30.3 Å². The number of amides is 1. The Morgan fingerprint density at radius 3 is 2.15 bits per heavy atom. The molecule has 0 heterocycles. The van der Waals surface area contributed by atoms with E-state index >= 15 is 0 Å². The molecule has 0 aliphatic heterocycles. The minimum Gasteiger partial charge on any atom is -0.266 e. The van der Waals surface area contributed by atoms with Crippen molar-refractivity contribution in [2.75, 3.05) is 4.41 Å². The average Bonchev–Trinajstić information content (AvgIpc) is 2.65. The predicted octanol–water partition coefficient (Wildman–Crippen LogP) is 1.46. The summed E-state index contributed by atoms with van der Waals surface area (Å²) >= 11 is 0. The number of hydrogen-bond acceptors (Lipinski definition) is 7. The maximum atomic E-state index is 12.5. The van der Waals surface area contributed by atoms with Gasteiger partial charge in [-0.15, -0.1) is 10.0 Å². The molecule has 9 nitrogen and oxygen atoms in total. The minimum absolute atomic E-state index is 0.0737. The van der Waals surface area contributed by atoms with E-state index in [2.05, 4.69) is 5.29 Å². The zero-order valence-electron chi connectivity index (χ0n) is 13.8. The number of anilines is 1. The molecule has 2 rings (SSSR count). The third-order valence-electron chi connectivity index (χ3n) is 3.46. The molecule has 136 valence electrons. The first-order valence-corrected chi connectivity index (χ1v) is 8.76. The zero-order valence-corrected chi connectivity index (χ0v) is 14.6. The number of carbonyl (C=O) groups excluding carboxylic acids is 1. The maximum absolute atomic E-state index is 12.5. The molecule has 10 heteroatoms. The summed E-state index contributed by atoms with van der Waals surface area (Å²) in [5.41, 5.74) is 1.74. The van der Waals surface area contributed by atoms with Gasteiger partial charge in [-0.2, -0.15) is 8.42 Å². The minimum atomic E-state index is -3.89. The molecule has 2 aromatic carbocycles. The number of carbonyl (C=O) groups is 1. The van der Waals surface area contributed by atoms with Crippen LogP contribution in [0.5, 0.6) is 0 Å². The highest BCUT2D eigenvalue weighted by Crippen LogP contribution is 2.21. The van der Waals surface area contributed by atoms with Gasteiger partial charge < -0.3 is 0 Å². The van der Waals surface area contributed by atoms with Gasteiger partial charge in [0.1, 0.15) is 0 Å². The van der Waals surface area contributed by atoms with E-state index in [0.717, 1.165) is 11.6 Å².